The molecule has 0 spiro atoms. The molecule has 1 fully saturated rings. The van der Waals surface area contributed by atoms with Gasteiger partial charge in [0.05, 0.1) is 12.8 Å². The lowest BCUT2D eigenvalue weighted by molar-refractivity contribution is 0.334. The van der Waals surface area contributed by atoms with E-state index in [1.165, 1.54) is 31.2 Å². The zero-order valence-corrected chi connectivity index (χ0v) is 10.8. The Labute approximate surface area is 104 Å². The molecule has 0 bridgehead atoms. The molecule has 1 aliphatic carbocycles. The predicted molar refractivity (Wildman–Crippen MR) is 69.5 cm³/mol. The molecule has 0 saturated heterocycles. The Bertz CT molecular complexity index is 354. The molecule has 94 valence electrons. The summed E-state index contributed by atoms with van der Waals surface area (Å²) in [6.07, 6.45) is 8.88. The third kappa shape index (κ3) is 3.19. The summed E-state index contributed by atoms with van der Waals surface area (Å²) in [5, 5.41) is 3.39. The van der Waals surface area contributed by atoms with Gasteiger partial charge in [0.15, 0.2) is 0 Å². The quantitative estimate of drug-likeness (QED) is 0.869. The Morgan fingerprint density at radius 1 is 1.41 bits per heavy atom. The molecule has 1 aromatic rings. The summed E-state index contributed by atoms with van der Waals surface area (Å²) in [6, 6.07) is 2.81. The highest BCUT2D eigenvalue weighted by atomic mass is 16.5. The van der Waals surface area contributed by atoms with E-state index in [4.69, 9.17) is 4.74 Å². The lowest BCUT2D eigenvalue weighted by Crippen LogP contribution is -2.30. The van der Waals surface area contributed by atoms with Crippen molar-refractivity contribution in [2.24, 2.45) is 0 Å². The molecular weight excluding hydrogens is 212 g/mol. The van der Waals surface area contributed by atoms with Gasteiger partial charge in [-0.2, -0.15) is 0 Å². The number of ether oxygens (including phenoxy) is 1. The maximum absolute atomic E-state index is 5.51. The molecule has 0 aromatic carbocycles. The number of nitrogens with zero attached hydrogens (tertiary/aromatic N) is 1. The third-order valence-electron chi connectivity index (χ3n) is 3.60. The number of hydrogen-bond acceptors (Lipinski definition) is 3. The highest BCUT2D eigenvalue weighted by molar-refractivity contribution is 5.26. The highest BCUT2D eigenvalue weighted by Crippen LogP contribution is 2.33. The average Bonchev–Trinajstić information content (AvgIpc) is 2.40. The van der Waals surface area contributed by atoms with E-state index in [0.717, 1.165) is 5.75 Å². The van der Waals surface area contributed by atoms with Crippen molar-refractivity contribution in [1.29, 1.82) is 0 Å². The number of rotatable bonds is 4. The minimum Gasteiger partial charge on any atom is -0.492 e. The van der Waals surface area contributed by atoms with Gasteiger partial charge in [-0.05, 0) is 50.8 Å². The first-order chi connectivity index (χ1) is 8.33. The number of nitrogens with one attached hydrogen (secondary N) is 1. The van der Waals surface area contributed by atoms with Gasteiger partial charge in [-0.3, -0.25) is 4.98 Å². The first kappa shape index (κ1) is 12.4. The van der Waals surface area contributed by atoms with Crippen LogP contribution < -0.4 is 10.1 Å². The first-order valence-electron chi connectivity index (χ1n) is 6.58. The minimum atomic E-state index is 0.633. The second-order valence-corrected chi connectivity index (χ2v) is 4.74. The topological polar surface area (TPSA) is 34.1 Å². The van der Waals surface area contributed by atoms with Crippen LogP contribution in [0.2, 0.25) is 0 Å². The van der Waals surface area contributed by atoms with Crippen LogP contribution in [0.15, 0.2) is 18.5 Å². The summed E-state index contributed by atoms with van der Waals surface area (Å²) >= 11 is 0. The van der Waals surface area contributed by atoms with Gasteiger partial charge in [-0.25, -0.2) is 0 Å². The van der Waals surface area contributed by atoms with E-state index in [1.807, 2.05) is 13.1 Å². The number of aromatic nitrogens is 1. The molecule has 2 rings (SSSR count). The van der Waals surface area contributed by atoms with Crippen LogP contribution in [-0.4, -0.2) is 24.7 Å². The Morgan fingerprint density at radius 3 is 3.06 bits per heavy atom. The van der Waals surface area contributed by atoms with Crippen molar-refractivity contribution in [3.8, 4) is 5.75 Å². The summed E-state index contributed by atoms with van der Waals surface area (Å²) < 4.78 is 5.51. The van der Waals surface area contributed by atoms with Crippen LogP contribution in [0.25, 0.3) is 0 Å². The van der Waals surface area contributed by atoms with Gasteiger partial charge in [0.1, 0.15) is 5.75 Å². The summed E-state index contributed by atoms with van der Waals surface area (Å²) in [4.78, 5) is 4.28. The molecule has 3 heteroatoms. The van der Waals surface area contributed by atoms with Crippen molar-refractivity contribution >= 4 is 0 Å². The van der Waals surface area contributed by atoms with Crippen molar-refractivity contribution in [3.63, 3.8) is 0 Å². The van der Waals surface area contributed by atoms with E-state index in [1.54, 1.807) is 6.20 Å². The van der Waals surface area contributed by atoms with E-state index < -0.39 is 0 Å². The van der Waals surface area contributed by atoms with Gasteiger partial charge < -0.3 is 10.1 Å². The van der Waals surface area contributed by atoms with Gasteiger partial charge in [0, 0.05) is 12.2 Å². The smallest absolute Gasteiger partial charge is 0.137 e. The lowest BCUT2D eigenvalue weighted by Gasteiger charge is -2.29. The molecule has 1 aromatic heterocycles. The van der Waals surface area contributed by atoms with E-state index in [-0.39, 0.29) is 0 Å². The summed E-state index contributed by atoms with van der Waals surface area (Å²) in [5.74, 6) is 1.53. The van der Waals surface area contributed by atoms with Crippen LogP contribution in [-0.2, 0) is 0 Å². The second-order valence-electron chi connectivity index (χ2n) is 4.74. The van der Waals surface area contributed by atoms with Crippen LogP contribution in [0.3, 0.4) is 0 Å². The third-order valence-corrected chi connectivity index (χ3v) is 3.60. The molecule has 1 heterocycles. The van der Waals surface area contributed by atoms with Crippen LogP contribution >= 0.6 is 0 Å². The Balaban J connectivity index is 2.07. The second kappa shape index (κ2) is 6.01. The molecule has 0 radical (unpaired) electrons. The van der Waals surface area contributed by atoms with Gasteiger partial charge >= 0.3 is 0 Å². The van der Waals surface area contributed by atoms with Crippen LogP contribution in [0.4, 0.5) is 0 Å². The molecule has 2 atom stereocenters. The van der Waals surface area contributed by atoms with E-state index in [9.17, 15) is 0 Å². The van der Waals surface area contributed by atoms with Crippen molar-refractivity contribution in [2.45, 2.75) is 44.6 Å². The Hall–Kier alpha value is -1.09. The van der Waals surface area contributed by atoms with Crippen molar-refractivity contribution in [2.75, 3.05) is 13.7 Å². The van der Waals surface area contributed by atoms with E-state index >= 15 is 0 Å². The van der Waals surface area contributed by atoms with Crippen molar-refractivity contribution in [1.82, 2.24) is 10.3 Å². The monoisotopic (exact) mass is 234 g/mol. The predicted octanol–water partition coefficient (Wildman–Crippen LogP) is 2.73. The lowest BCUT2D eigenvalue weighted by atomic mass is 9.82. The molecular formula is C14H22N2O. The average molecular weight is 234 g/mol. The summed E-state index contributed by atoms with van der Waals surface area (Å²) in [7, 11) is 2.06. The number of pyridine rings is 1. The molecule has 1 saturated carbocycles. The molecule has 3 nitrogen and oxygen atoms in total. The zero-order chi connectivity index (χ0) is 12.1. The number of hydrogen-bond donors (Lipinski definition) is 1. The molecule has 1 N–H and O–H groups in total. The van der Waals surface area contributed by atoms with Crippen LogP contribution in [0, 0.1) is 0 Å². The zero-order valence-electron chi connectivity index (χ0n) is 10.8. The molecule has 0 amide bonds. The largest absolute Gasteiger partial charge is 0.492 e. The van der Waals surface area contributed by atoms with Gasteiger partial charge in [-0.15, -0.1) is 0 Å². The van der Waals surface area contributed by atoms with Gasteiger partial charge in [-0.1, -0.05) is 6.42 Å². The van der Waals surface area contributed by atoms with Crippen LogP contribution in [0.1, 0.15) is 44.1 Å². The standard InChI is InChI=1S/C14H22N2O/c1-3-17-14-8-12(9-16-10-14)11-5-4-6-13(7-11)15-2/h8-11,13,15H,3-7H2,1-2H3. The Kier molecular flexibility index (Phi) is 4.37. The molecule has 2 unspecified atom stereocenters. The summed E-state index contributed by atoms with van der Waals surface area (Å²) in [6.45, 7) is 2.71. The maximum Gasteiger partial charge on any atom is 0.137 e. The van der Waals surface area contributed by atoms with E-state index in [0.29, 0.717) is 18.6 Å². The van der Waals surface area contributed by atoms with E-state index in [2.05, 4.69) is 23.4 Å². The van der Waals surface area contributed by atoms with Gasteiger partial charge in [0.25, 0.3) is 0 Å². The normalized spacial score (nSPS) is 24.6. The van der Waals surface area contributed by atoms with Crippen molar-refractivity contribution in [3.05, 3.63) is 24.0 Å². The minimum absolute atomic E-state index is 0.633. The molecule has 17 heavy (non-hydrogen) atoms. The molecule has 1 aliphatic rings. The summed E-state index contributed by atoms with van der Waals surface area (Å²) in [5.41, 5.74) is 1.33. The SMILES string of the molecule is CCOc1cncc(C2CCCC(NC)C2)c1. The fourth-order valence-corrected chi connectivity index (χ4v) is 2.66. The van der Waals surface area contributed by atoms with Crippen molar-refractivity contribution < 1.29 is 4.74 Å². The highest BCUT2D eigenvalue weighted by Gasteiger charge is 2.22. The van der Waals surface area contributed by atoms with Gasteiger partial charge in [0.2, 0.25) is 0 Å². The molecule has 0 aliphatic heterocycles. The first-order valence-corrected chi connectivity index (χ1v) is 6.58. The fourth-order valence-electron chi connectivity index (χ4n) is 2.66. The maximum atomic E-state index is 5.51. The van der Waals surface area contributed by atoms with Crippen LogP contribution in [0.5, 0.6) is 5.75 Å². The Morgan fingerprint density at radius 2 is 2.29 bits per heavy atom. The fraction of sp³-hybridized carbons (Fsp3) is 0.643.